The minimum Gasteiger partial charge on any atom is -0.375 e. The van der Waals surface area contributed by atoms with Gasteiger partial charge in [0.2, 0.25) is 5.91 Å². The lowest BCUT2D eigenvalue weighted by atomic mass is 9.94. The Labute approximate surface area is 170 Å². The Morgan fingerprint density at radius 3 is 2.86 bits per heavy atom. The van der Waals surface area contributed by atoms with Crippen LogP contribution in [-0.4, -0.2) is 33.6 Å². The second-order valence-electron chi connectivity index (χ2n) is 7.74. The van der Waals surface area contributed by atoms with Gasteiger partial charge in [-0.15, -0.1) is 11.8 Å². The first kappa shape index (κ1) is 19.5. The van der Waals surface area contributed by atoms with Crippen LogP contribution in [-0.2, 0) is 9.53 Å². The van der Waals surface area contributed by atoms with Crippen molar-refractivity contribution in [3.05, 3.63) is 50.5 Å². The molecule has 1 amide bonds. The summed E-state index contributed by atoms with van der Waals surface area (Å²) in [5.41, 5.74) is 0.566. The predicted molar refractivity (Wildman–Crippen MR) is 108 cm³/mol. The fourth-order valence-electron chi connectivity index (χ4n) is 3.88. The number of benzene rings is 1. The highest BCUT2D eigenvalue weighted by atomic mass is 35.5. The van der Waals surface area contributed by atoms with Crippen LogP contribution in [0.4, 0.5) is 10.2 Å². The average molecular weight is 426 g/mol. The number of aromatic amines is 1. The largest absolute Gasteiger partial charge is 0.375 e. The van der Waals surface area contributed by atoms with E-state index in [0.717, 1.165) is 6.42 Å². The molecule has 0 bridgehead atoms. The summed E-state index contributed by atoms with van der Waals surface area (Å²) in [7, 11) is 0. The van der Waals surface area contributed by atoms with Crippen molar-refractivity contribution in [2.75, 3.05) is 17.7 Å². The van der Waals surface area contributed by atoms with E-state index in [1.54, 1.807) is 10.7 Å². The van der Waals surface area contributed by atoms with Crippen LogP contribution in [0.25, 0.3) is 0 Å². The molecule has 28 heavy (non-hydrogen) atoms. The lowest BCUT2D eigenvalue weighted by molar-refractivity contribution is -0.113. The Bertz CT molecular complexity index is 987. The highest BCUT2D eigenvalue weighted by molar-refractivity contribution is 8.00. The molecule has 6 nitrogen and oxygen atoms in total. The fourth-order valence-corrected chi connectivity index (χ4v) is 5.18. The van der Waals surface area contributed by atoms with Gasteiger partial charge in [0.25, 0.3) is 5.56 Å². The summed E-state index contributed by atoms with van der Waals surface area (Å²) >= 11 is 7.28. The van der Waals surface area contributed by atoms with Crippen molar-refractivity contribution in [2.45, 2.75) is 43.6 Å². The summed E-state index contributed by atoms with van der Waals surface area (Å²) in [6.45, 7) is 4.60. The maximum Gasteiger partial charge on any atom is 0.270 e. The second kappa shape index (κ2) is 7.24. The highest BCUT2D eigenvalue weighted by Crippen LogP contribution is 2.42. The van der Waals surface area contributed by atoms with Crippen molar-refractivity contribution < 1.29 is 13.9 Å². The zero-order chi connectivity index (χ0) is 20.1. The van der Waals surface area contributed by atoms with Gasteiger partial charge in [-0.1, -0.05) is 17.7 Å². The number of thioether (sulfide) groups is 1. The number of hydrogen-bond acceptors (Lipinski definition) is 4. The quantitative estimate of drug-likeness (QED) is 0.765. The number of halogens is 2. The van der Waals surface area contributed by atoms with Crippen LogP contribution < -0.4 is 10.9 Å². The zero-order valence-corrected chi connectivity index (χ0v) is 17.1. The van der Waals surface area contributed by atoms with E-state index in [0.29, 0.717) is 30.0 Å². The molecule has 0 unspecified atom stereocenters. The number of H-pyrrole nitrogens is 1. The SMILES string of the molecule is CC1(C)C[C@H](n2[nH]c(=O)c3c2NC(=O)CS[C@@H]3c2ccc(F)c(Cl)c2)CCO1. The highest BCUT2D eigenvalue weighted by Gasteiger charge is 2.36. The van der Waals surface area contributed by atoms with Gasteiger partial charge in [0.15, 0.2) is 0 Å². The molecule has 2 atom stereocenters. The van der Waals surface area contributed by atoms with Gasteiger partial charge in [0.1, 0.15) is 11.6 Å². The standard InChI is InChI=1S/C19H21ClFN3O3S/c1-19(2)8-11(5-6-27-19)24-17-15(18(26)23-24)16(28-9-14(25)22-17)10-3-4-13(21)12(20)7-10/h3-4,7,11,16H,5-6,8-9H2,1-2H3,(H,22,25)(H,23,26)/t11-,16-/m1/s1. The number of nitrogens with one attached hydrogen (secondary N) is 2. The van der Waals surface area contributed by atoms with E-state index in [4.69, 9.17) is 16.3 Å². The Balaban J connectivity index is 1.81. The molecular weight excluding hydrogens is 405 g/mol. The normalized spacial score (nSPS) is 24.4. The van der Waals surface area contributed by atoms with E-state index >= 15 is 0 Å². The maximum absolute atomic E-state index is 13.6. The maximum atomic E-state index is 13.6. The first-order valence-electron chi connectivity index (χ1n) is 9.10. The Morgan fingerprint density at radius 1 is 1.36 bits per heavy atom. The molecule has 1 saturated heterocycles. The third-order valence-electron chi connectivity index (χ3n) is 5.15. The molecule has 0 saturated carbocycles. The van der Waals surface area contributed by atoms with Crippen molar-refractivity contribution >= 4 is 35.1 Å². The molecule has 2 aliphatic heterocycles. The first-order valence-corrected chi connectivity index (χ1v) is 10.5. The Kier molecular flexibility index (Phi) is 5.05. The van der Waals surface area contributed by atoms with Gasteiger partial charge in [0.05, 0.1) is 33.2 Å². The molecule has 1 aromatic heterocycles. The van der Waals surface area contributed by atoms with Gasteiger partial charge in [-0.3, -0.25) is 19.4 Å². The number of aromatic nitrogens is 2. The number of hydrogen-bond donors (Lipinski definition) is 2. The number of nitrogens with zero attached hydrogens (tertiary/aromatic N) is 1. The molecular formula is C19H21ClFN3O3S. The van der Waals surface area contributed by atoms with Crippen LogP contribution in [0, 0.1) is 5.82 Å². The van der Waals surface area contributed by atoms with Crippen LogP contribution in [0.3, 0.4) is 0 Å². The molecule has 2 aliphatic rings. The van der Waals surface area contributed by atoms with E-state index < -0.39 is 11.1 Å². The number of amides is 1. The number of fused-ring (bicyclic) bond motifs is 1. The van der Waals surface area contributed by atoms with E-state index in [9.17, 15) is 14.0 Å². The molecule has 2 aromatic rings. The molecule has 0 aliphatic carbocycles. The number of rotatable bonds is 2. The van der Waals surface area contributed by atoms with Gasteiger partial charge in [-0.25, -0.2) is 4.39 Å². The molecule has 0 radical (unpaired) electrons. The van der Waals surface area contributed by atoms with Crippen molar-refractivity contribution in [1.29, 1.82) is 0 Å². The van der Waals surface area contributed by atoms with Crippen molar-refractivity contribution in [3.8, 4) is 0 Å². The van der Waals surface area contributed by atoms with Gasteiger partial charge >= 0.3 is 0 Å². The molecule has 1 fully saturated rings. The third kappa shape index (κ3) is 3.60. The van der Waals surface area contributed by atoms with Gasteiger partial charge in [-0.2, -0.15) is 0 Å². The van der Waals surface area contributed by atoms with Gasteiger partial charge in [-0.05, 0) is 44.4 Å². The van der Waals surface area contributed by atoms with Crippen LogP contribution in [0.1, 0.15) is 49.1 Å². The smallest absolute Gasteiger partial charge is 0.270 e. The molecule has 9 heteroatoms. The van der Waals surface area contributed by atoms with Crippen molar-refractivity contribution in [2.24, 2.45) is 0 Å². The lowest BCUT2D eigenvalue weighted by Crippen LogP contribution is -2.36. The first-order chi connectivity index (χ1) is 13.2. The second-order valence-corrected chi connectivity index (χ2v) is 9.24. The van der Waals surface area contributed by atoms with Gasteiger partial charge in [0, 0.05) is 6.61 Å². The monoisotopic (exact) mass is 425 g/mol. The molecule has 2 N–H and O–H groups in total. The zero-order valence-electron chi connectivity index (χ0n) is 15.6. The summed E-state index contributed by atoms with van der Waals surface area (Å²) in [5, 5.41) is 5.36. The average Bonchev–Trinajstić information content (AvgIpc) is 2.83. The van der Waals surface area contributed by atoms with Crippen LogP contribution in [0.15, 0.2) is 23.0 Å². The van der Waals surface area contributed by atoms with E-state index in [2.05, 4.69) is 10.4 Å². The molecule has 0 spiro atoms. The number of carbonyl (C=O) groups is 1. The molecule has 4 rings (SSSR count). The molecule has 150 valence electrons. The topological polar surface area (TPSA) is 76.1 Å². The predicted octanol–water partition coefficient (Wildman–Crippen LogP) is 3.87. The fraction of sp³-hybridized carbons (Fsp3) is 0.474. The van der Waals surface area contributed by atoms with Crippen molar-refractivity contribution in [1.82, 2.24) is 9.78 Å². The van der Waals surface area contributed by atoms with Crippen LogP contribution in [0.2, 0.25) is 5.02 Å². The number of ether oxygens (including phenoxy) is 1. The minimum absolute atomic E-state index is 0.000978. The number of anilines is 1. The van der Waals surface area contributed by atoms with E-state index in [1.807, 2.05) is 13.8 Å². The molecule has 1 aromatic carbocycles. The van der Waals surface area contributed by atoms with E-state index in [-0.39, 0.29) is 33.9 Å². The Morgan fingerprint density at radius 2 is 2.14 bits per heavy atom. The summed E-state index contributed by atoms with van der Waals surface area (Å²) < 4.78 is 21.2. The summed E-state index contributed by atoms with van der Waals surface area (Å²) in [6, 6.07) is 4.40. The van der Waals surface area contributed by atoms with Gasteiger partial charge < -0.3 is 10.1 Å². The van der Waals surface area contributed by atoms with E-state index in [1.165, 1.54) is 23.9 Å². The van der Waals surface area contributed by atoms with Crippen LogP contribution >= 0.6 is 23.4 Å². The summed E-state index contributed by atoms with van der Waals surface area (Å²) in [6.07, 6.45) is 1.44. The molecule has 3 heterocycles. The van der Waals surface area contributed by atoms with Crippen LogP contribution in [0.5, 0.6) is 0 Å². The summed E-state index contributed by atoms with van der Waals surface area (Å²) in [5.74, 6) is -0.0314. The number of carbonyl (C=O) groups excluding carboxylic acids is 1. The Hall–Kier alpha value is -1.77. The minimum atomic E-state index is -0.519. The summed E-state index contributed by atoms with van der Waals surface area (Å²) in [4.78, 5) is 25.2. The lowest BCUT2D eigenvalue weighted by Gasteiger charge is -2.36. The third-order valence-corrected chi connectivity index (χ3v) is 6.71. The van der Waals surface area contributed by atoms with Crippen molar-refractivity contribution in [3.63, 3.8) is 0 Å².